The molecule has 27 valence electrons. The largest absolute Gasteiger partial charge is 0.187 e. The van der Waals surface area contributed by atoms with Crippen LogP contribution in [0.5, 0.6) is 0 Å². The fraction of sp³-hybridized carbons (Fsp3) is 1.00. The average Bonchev–Trinajstić information content (AvgIpc) is 0. The third-order valence-corrected chi connectivity index (χ3v) is 0. The molecule has 0 heterocycles. The van der Waals surface area contributed by atoms with E-state index in [1.54, 1.807) is 0 Å². The summed E-state index contributed by atoms with van der Waals surface area (Å²) in [6, 6.07) is 0. The first-order chi connectivity index (χ1) is 0. The molecule has 0 saturated carbocycles. The van der Waals surface area contributed by atoms with E-state index in [-0.39, 0.29) is 58.1 Å². The summed E-state index contributed by atoms with van der Waals surface area (Å²) < 4.78 is 0. The molecular weight excluding hydrogens is 160 g/mol. The molecule has 1 radical (unpaired) electrons. The Hall–Kier alpha value is 1.49. The van der Waals surface area contributed by atoms with Gasteiger partial charge in [0, 0.05) is 22.4 Å². The second-order valence-electron chi connectivity index (χ2n) is 0. The van der Waals surface area contributed by atoms with Crippen LogP contribution in [0.2, 0.25) is 0 Å². The van der Waals surface area contributed by atoms with Crippen LogP contribution in [0.25, 0.3) is 0 Å². The van der Waals surface area contributed by atoms with Crippen molar-refractivity contribution in [3.8, 4) is 0 Å². The van der Waals surface area contributed by atoms with E-state index >= 15 is 0 Å². The molecule has 0 aromatic rings. The molecule has 3 heteroatoms. The molecule has 0 unspecified atom stereocenters. The van der Waals surface area contributed by atoms with E-state index in [0.29, 0.717) is 0 Å². The van der Waals surface area contributed by atoms with Gasteiger partial charge in [0.2, 0.25) is 0 Å². The van der Waals surface area contributed by atoms with Crippen molar-refractivity contribution in [1.82, 2.24) is 0 Å². The maximum absolute atomic E-state index is 0. The minimum absolute atomic E-state index is 0. The van der Waals surface area contributed by atoms with E-state index in [0.717, 1.165) is 0 Å². The van der Waals surface area contributed by atoms with Gasteiger partial charge in [0.05, 0.1) is 0 Å². The van der Waals surface area contributed by atoms with Gasteiger partial charge in [0.25, 0.3) is 0 Å². The fourth-order valence-corrected chi connectivity index (χ4v) is 0. The maximum atomic E-state index is 0. The van der Waals surface area contributed by atoms with E-state index in [9.17, 15) is 0 Å². The zero-order valence-electron chi connectivity index (χ0n) is 0.447. The van der Waals surface area contributed by atoms with Gasteiger partial charge in [-0.1, -0.05) is 7.43 Å². The smallest absolute Gasteiger partial charge is 0.0776 e. The molecule has 0 rings (SSSR count). The van der Waals surface area contributed by atoms with Crippen molar-refractivity contribution >= 4 is 28.3 Å². The first kappa shape index (κ1) is 49.9. The Kier molecular flexibility index (Phi) is 307. The molecule has 0 fully saturated rings. The van der Waals surface area contributed by atoms with E-state index in [1.807, 2.05) is 0 Å². The van der Waals surface area contributed by atoms with Gasteiger partial charge in [0.1, 0.15) is 0 Å². The van der Waals surface area contributed by atoms with Gasteiger partial charge >= 0.3 is 0 Å². The Bertz CT molecular complexity index is 8.00. The summed E-state index contributed by atoms with van der Waals surface area (Å²) in [7, 11) is 0. The molecule has 0 aromatic heterocycles. The molecule has 0 N–H and O–H groups in total. The second-order valence-corrected chi connectivity index (χ2v) is 0. The molecule has 0 aromatic carbocycles. The summed E-state index contributed by atoms with van der Waals surface area (Å²) in [5.74, 6) is 0. The quantitative estimate of drug-likeness (QED) is 0.370. The van der Waals surface area contributed by atoms with Gasteiger partial charge in [-0.05, 0) is 11.0 Å². The van der Waals surface area contributed by atoms with Crippen LogP contribution in [0.3, 0.4) is 0 Å². The van der Waals surface area contributed by atoms with E-state index in [1.165, 1.54) is 0 Å². The Morgan fingerprint density at radius 1 is 1.00 bits per heavy atom. The summed E-state index contributed by atoms with van der Waals surface area (Å²) in [5, 5.41) is 0. The van der Waals surface area contributed by atoms with E-state index in [4.69, 9.17) is 0 Å². The minimum atomic E-state index is 0. The van der Waals surface area contributed by atoms with Crippen molar-refractivity contribution in [2.45, 2.75) is 7.43 Å². The van der Waals surface area contributed by atoms with Gasteiger partial charge < -0.3 is 0 Å². The molecule has 0 spiro atoms. The maximum Gasteiger partial charge on any atom is 0.187 e. The van der Waals surface area contributed by atoms with E-state index < -0.39 is 0 Å². The third kappa shape index (κ3) is 9.75. The Balaban J connectivity index is 0. The van der Waals surface area contributed by atoms with Crippen molar-refractivity contribution in [2.75, 3.05) is 0 Å². The van der Waals surface area contributed by atoms with Crippen molar-refractivity contribution in [2.24, 2.45) is 0 Å². The molecule has 0 amide bonds. The van der Waals surface area contributed by atoms with Gasteiger partial charge in [-0.25, -0.2) is 0 Å². The summed E-state index contributed by atoms with van der Waals surface area (Å²) >= 11 is 0. The molecule has 0 aliphatic rings. The van der Waals surface area contributed by atoms with Crippen LogP contribution in [0.15, 0.2) is 0 Å². The van der Waals surface area contributed by atoms with Gasteiger partial charge in [-0.2, -0.15) is 0 Å². The predicted molar refractivity (Wildman–Crippen MR) is 28.0 cm³/mol. The number of hydrogen-bond donors (Lipinski definition) is 0. The summed E-state index contributed by atoms with van der Waals surface area (Å²) in [5.41, 5.74) is 0. The predicted octanol–water partition coefficient (Wildman–Crippen LogP) is -2.00. The van der Waals surface area contributed by atoms with Crippen molar-refractivity contribution < 1.29 is 22.4 Å². The minimum Gasteiger partial charge on any atom is -0.0776 e. The average molecular weight is 171 g/mol. The van der Waals surface area contributed by atoms with Gasteiger partial charge in [-0.15, -0.1) is 0 Å². The Labute approximate surface area is 58.0 Å². The second kappa shape index (κ2) is 24.6. The van der Waals surface area contributed by atoms with Crippen LogP contribution < -0.4 is 0 Å². The van der Waals surface area contributed by atoms with Crippen molar-refractivity contribution in [1.29, 1.82) is 0 Å². The number of hydrogen-bond acceptors (Lipinski definition) is 0. The SMILES string of the molecule is C.[AlH3].[Nb].[SiH4]. The zero-order valence-corrected chi connectivity index (χ0v) is 2.65. The first-order valence-corrected chi connectivity index (χ1v) is 0. The molecule has 4 heavy (non-hydrogen) atoms. The van der Waals surface area contributed by atoms with Crippen LogP contribution in [0.4, 0.5) is 0 Å². The monoisotopic (exact) mass is 171 g/mol. The summed E-state index contributed by atoms with van der Waals surface area (Å²) in [4.78, 5) is 0. The Morgan fingerprint density at radius 3 is 1.00 bits per heavy atom. The first-order valence-electron chi connectivity index (χ1n) is 0. The topological polar surface area (TPSA) is 0 Å². The molecule has 0 aliphatic carbocycles. The van der Waals surface area contributed by atoms with Crippen LogP contribution in [0.1, 0.15) is 7.43 Å². The molecule has 0 nitrogen and oxygen atoms in total. The molecule has 0 atom stereocenters. The zero-order chi connectivity index (χ0) is 0. The third-order valence-electron chi connectivity index (χ3n) is 0. The van der Waals surface area contributed by atoms with Crippen molar-refractivity contribution in [3.63, 3.8) is 0 Å². The molecule has 0 saturated heterocycles. The molecule has 0 bridgehead atoms. The van der Waals surface area contributed by atoms with E-state index in [2.05, 4.69) is 0 Å². The van der Waals surface area contributed by atoms with Crippen LogP contribution in [0, 0.1) is 0 Å². The van der Waals surface area contributed by atoms with Gasteiger partial charge in [-0.3, -0.25) is 0 Å². The summed E-state index contributed by atoms with van der Waals surface area (Å²) in [6.45, 7) is 0. The Morgan fingerprint density at radius 2 is 1.00 bits per heavy atom. The van der Waals surface area contributed by atoms with Crippen LogP contribution in [-0.4, -0.2) is 28.3 Å². The van der Waals surface area contributed by atoms with Crippen molar-refractivity contribution in [3.05, 3.63) is 0 Å². The van der Waals surface area contributed by atoms with Crippen LogP contribution >= 0.6 is 0 Å². The van der Waals surface area contributed by atoms with Crippen LogP contribution in [-0.2, 0) is 22.4 Å². The number of rotatable bonds is 0. The van der Waals surface area contributed by atoms with Gasteiger partial charge in [0.15, 0.2) is 17.4 Å². The fourth-order valence-electron chi connectivity index (χ4n) is 0. The summed E-state index contributed by atoms with van der Waals surface area (Å²) in [6.07, 6.45) is 0. The normalized spacial score (nSPS) is 0. The molecular formula is CH11AlNbSi. The standard InChI is InChI=1S/CH4.Al.Nb.H4Si.3H/h1H4;;;1H4;;;. The molecule has 0 aliphatic heterocycles.